The Labute approximate surface area is 199 Å². The number of hydrogen-bond donors (Lipinski definition) is 1. The van der Waals surface area contributed by atoms with Gasteiger partial charge in [0.25, 0.3) is 5.91 Å². The zero-order chi connectivity index (χ0) is 21.0. The molecule has 1 fully saturated rings. The molecule has 1 aliphatic rings. The van der Waals surface area contributed by atoms with Gasteiger partial charge in [-0.05, 0) is 63.8 Å². The zero-order valence-corrected chi connectivity index (χ0v) is 20.9. The molecule has 3 rings (SSSR count). The molecule has 0 unspecified atom stereocenters. The maximum Gasteiger partial charge on any atom is 0.252 e. The average molecular weight is 467 g/mol. The average Bonchev–Trinajstić information content (AvgIpc) is 2.68. The summed E-state index contributed by atoms with van der Waals surface area (Å²) in [6, 6.07) is 14.6. The van der Waals surface area contributed by atoms with Crippen molar-refractivity contribution in [3.05, 3.63) is 64.7 Å². The van der Waals surface area contributed by atoms with E-state index in [2.05, 4.69) is 77.6 Å². The van der Waals surface area contributed by atoms with Crippen LogP contribution < -0.4 is 10.2 Å². The van der Waals surface area contributed by atoms with Crippen LogP contribution in [0.2, 0.25) is 0 Å². The molecule has 1 N–H and O–H groups in total. The van der Waals surface area contributed by atoms with Crippen LogP contribution in [0.1, 0.15) is 40.0 Å². The van der Waals surface area contributed by atoms with Crippen LogP contribution in [0.25, 0.3) is 0 Å². The topological polar surface area (TPSA) is 38.8 Å². The van der Waals surface area contributed by atoms with Crippen LogP contribution in [-0.4, -0.2) is 63.0 Å². The first-order valence-electron chi connectivity index (χ1n) is 10.4. The Morgan fingerprint density at radius 1 is 1.06 bits per heavy atom. The number of rotatable bonds is 6. The van der Waals surface area contributed by atoms with E-state index in [0.717, 1.165) is 55.1 Å². The van der Waals surface area contributed by atoms with Crippen LogP contribution in [-0.2, 0) is 6.54 Å². The lowest BCUT2D eigenvalue weighted by Crippen LogP contribution is -2.44. The highest BCUT2D eigenvalue weighted by molar-refractivity contribution is 5.96. The molecule has 0 aromatic heterocycles. The van der Waals surface area contributed by atoms with Crippen molar-refractivity contribution in [2.24, 2.45) is 0 Å². The van der Waals surface area contributed by atoms with E-state index >= 15 is 0 Å². The largest absolute Gasteiger partial charge is 0.369 e. The molecule has 7 heteroatoms. The number of hydrogen-bond acceptors (Lipinski definition) is 4. The summed E-state index contributed by atoms with van der Waals surface area (Å²) in [6.07, 6.45) is 0. The molecule has 31 heavy (non-hydrogen) atoms. The Bertz CT molecular complexity index is 851. The fraction of sp³-hybridized carbons (Fsp3) is 0.458. The molecular weight excluding hydrogens is 431 g/mol. The second kappa shape index (κ2) is 12.3. The number of piperazine rings is 1. The van der Waals surface area contributed by atoms with Gasteiger partial charge in [0.1, 0.15) is 0 Å². The van der Waals surface area contributed by atoms with Gasteiger partial charge < -0.3 is 20.0 Å². The molecule has 1 saturated heterocycles. The maximum absolute atomic E-state index is 13.1. The van der Waals surface area contributed by atoms with Crippen LogP contribution in [0.3, 0.4) is 0 Å². The van der Waals surface area contributed by atoms with Gasteiger partial charge in [-0.1, -0.05) is 30.3 Å². The Morgan fingerprint density at radius 2 is 1.74 bits per heavy atom. The predicted molar refractivity (Wildman–Crippen MR) is 135 cm³/mol. The summed E-state index contributed by atoms with van der Waals surface area (Å²) in [5, 5.41) is 3.19. The lowest BCUT2D eigenvalue weighted by atomic mass is 10.0. The van der Waals surface area contributed by atoms with Crippen LogP contribution in [0.5, 0.6) is 0 Å². The predicted octanol–water partition coefficient (Wildman–Crippen LogP) is 4.14. The summed E-state index contributed by atoms with van der Waals surface area (Å²) in [5.41, 5.74) is 5.29. The second-order valence-electron chi connectivity index (χ2n) is 8.47. The standard InChI is InChI=1S/C24H34N4O.2ClH/c1-18-9-10-22(28-13-11-27(5)12-14-28)16-23(18)24(29)25-19(2)21-8-6-7-20(15-21)17-26(3)4;;/h6-10,15-16,19H,11-14,17H2,1-5H3,(H,25,29);2*1H/t19-;;/m1../s1. The van der Waals surface area contributed by atoms with Gasteiger partial charge in [0.2, 0.25) is 0 Å². The molecule has 5 nitrogen and oxygen atoms in total. The molecule has 0 bridgehead atoms. The van der Waals surface area contributed by atoms with Crippen molar-refractivity contribution in [3.8, 4) is 0 Å². The smallest absolute Gasteiger partial charge is 0.252 e. The molecule has 2 aromatic rings. The summed E-state index contributed by atoms with van der Waals surface area (Å²) in [5.74, 6) is -0.0102. The third kappa shape index (κ3) is 7.39. The molecule has 0 aliphatic carbocycles. The molecule has 172 valence electrons. The number of likely N-dealkylation sites (N-methyl/N-ethyl adjacent to an activating group) is 1. The number of nitrogens with one attached hydrogen (secondary N) is 1. The number of carbonyl (C=O) groups excluding carboxylic acids is 1. The number of nitrogens with zero attached hydrogens (tertiary/aromatic N) is 3. The van der Waals surface area contributed by atoms with Crippen molar-refractivity contribution in [2.45, 2.75) is 26.4 Å². The van der Waals surface area contributed by atoms with Crippen molar-refractivity contribution in [1.82, 2.24) is 15.1 Å². The highest BCUT2D eigenvalue weighted by atomic mass is 35.5. The number of amides is 1. The summed E-state index contributed by atoms with van der Waals surface area (Å²) in [4.78, 5) is 19.9. The summed E-state index contributed by atoms with van der Waals surface area (Å²) < 4.78 is 0. The molecule has 1 amide bonds. The maximum atomic E-state index is 13.1. The minimum atomic E-state index is -0.0451. The van der Waals surface area contributed by atoms with Gasteiger partial charge in [-0.3, -0.25) is 4.79 Å². The Kier molecular flexibility index (Phi) is 10.8. The van der Waals surface area contributed by atoms with Crippen LogP contribution >= 0.6 is 24.8 Å². The van der Waals surface area contributed by atoms with Crippen LogP contribution in [0, 0.1) is 6.92 Å². The lowest BCUT2D eigenvalue weighted by molar-refractivity contribution is 0.0939. The van der Waals surface area contributed by atoms with Gasteiger partial charge in [-0.2, -0.15) is 0 Å². The minimum absolute atomic E-state index is 0. The van der Waals surface area contributed by atoms with E-state index in [-0.39, 0.29) is 36.8 Å². The molecule has 0 spiro atoms. The van der Waals surface area contributed by atoms with E-state index in [1.807, 2.05) is 19.9 Å². The first-order valence-corrected chi connectivity index (χ1v) is 10.4. The van der Waals surface area contributed by atoms with E-state index in [1.54, 1.807) is 0 Å². The van der Waals surface area contributed by atoms with Crippen molar-refractivity contribution in [3.63, 3.8) is 0 Å². The third-order valence-corrected chi connectivity index (χ3v) is 5.63. The van der Waals surface area contributed by atoms with E-state index in [1.165, 1.54) is 5.56 Å². The lowest BCUT2D eigenvalue weighted by Gasteiger charge is -2.34. The highest BCUT2D eigenvalue weighted by Crippen LogP contribution is 2.22. The molecule has 0 saturated carbocycles. The Balaban J connectivity index is 0.00000240. The summed E-state index contributed by atoms with van der Waals surface area (Å²) >= 11 is 0. The minimum Gasteiger partial charge on any atom is -0.369 e. The van der Waals surface area contributed by atoms with E-state index < -0.39 is 0 Å². The fourth-order valence-electron chi connectivity index (χ4n) is 3.80. The molecule has 0 radical (unpaired) electrons. The molecule has 1 aliphatic heterocycles. The molecule has 1 heterocycles. The first-order chi connectivity index (χ1) is 13.8. The van der Waals surface area contributed by atoms with Crippen molar-refractivity contribution < 1.29 is 4.79 Å². The van der Waals surface area contributed by atoms with Crippen molar-refractivity contribution in [2.75, 3.05) is 52.2 Å². The Morgan fingerprint density at radius 3 is 2.39 bits per heavy atom. The van der Waals surface area contributed by atoms with Gasteiger partial charge in [-0.15, -0.1) is 24.8 Å². The first kappa shape index (κ1) is 27.2. The fourth-order valence-corrected chi connectivity index (χ4v) is 3.80. The van der Waals surface area contributed by atoms with E-state index in [4.69, 9.17) is 0 Å². The number of carbonyl (C=O) groups is 1. The SMILES string of the molecule is Cc1ccc(N2CCN(C)CC2)cc1C(=O)N[C@H](C)c1cccc(CN(C)C)c1.Cl.Cl. The molecule has 1 atom stereocenters. The van der Waals surface area contributed by atoms with Crippen molar-refractivity contribution >= 4 is 36.4 Å². The summed E-state index contributed by atoms with van der Waals surface area (Å²) in [6.45, 7) is 9.04. The number of aryl methyl sites for hydroxylation is 1. The second-order valence-corrected chi connectivity index (χ2v) is 8.47. The van der Waals surface area contributed by atoms with E-state index in [0.29, 0.717) is 0 Å². The Hall–Kier alpha value is -1.79. The van der Waals surface area contributed by atoms with Gasteiger partial charge in [0.05, 0.1) is 6.04 Å². The van der Waals surface area contributed by atoms with Crippen molar-refractivity contribution in [1.29, 1.82) is 0 Å². The van der Waals surface area contributed by atoms with Gasteiger partial charge in [0.15, 0.2) is 0 Å². The number of benzene rings is 2. The summed E-state index contributed by atoms with van der Waals surface area (Å²) in [7, 11) is 6.28. The number of halogens is 2. The normalized spacial score (nSPS) is 15.1. The van der Waals surface area contributed by atoms with Gasteiger partial charge >= 0.3 is 0 Å². The van der Waals surface area contributed by atoms with E-state index in [9.17, 15) is 4.79 Å². The highest BCUT2D eigenvalue weighted by Gasteiger charge is 2.18. The third-order valence-electron chi connectivity index (χ3n) is 5.63. The quantitative estimate of drug-likeness (QED) is 0.693. The monoisotopic (exact) mass is 466 g/mol. The number of anilines is 1. The molecular formula is C24H36Cl2N4O. The zero-order valence-electron chi connectivity index (χ0n) is 19.2. The molecule has 2 aromatic carbocycles. The van der Waals surface area contributed by atoms with Crippen LogP contribution in [0.15, 0.2) is 42.5 Å². The van der Waals surface area contributed by atoms with Gasteiger partial charge in [-0.25, -0.2) is 0 Å². The van der Waals surface area contributed by atoms with Gasteiger partial charge in [0, 0.05) is 44.0 Å². The van der Waals surface area contributed by atoms with Crippen LogP contribution in [0.4, 0.5) is 5.69 Å².